The lowest BCUT2D eigenvalue weighted by atomic mass is 9.89. The molecule has 2 unspecified atom stereocenters. The molecule has 3 N–H and O–H groups in total. The maximum absolute atomic E-state index is 10.5. The van der Waals surface area contributed by atoms with Gasteiger partial charge in [-0.05, 0) is 62.0 Å². The van der Waals surface area contributed by atoms with Gasteiger partial charge in [0.25, 0.3) is 0 Å². The molecule has 2 atom stereocenters. The minimum atomic E-state index is -0.566. The van der Waals surface area contributed by atoms with Crippen LogP contribution in [0.4, 0.5) is 0 Å². The molecule has 0 radical (unpaired) electrons. The lowest BCUT2D eigenvalue weighted by molar-refractivity contribution is 0.0488. The number of aliphatic hydroxyl groups excluding tert-OH is 1. The number of hydrogen-bond donors (Lipinski definition) is 3. The monoisotopic (exact) mass is 369 g/mol. The van der Waals surface area contributed by atoms with Crippen LogP contribution in [0.15, 0.2) is 48.2 Å². The summed E-state index contributed by atoms with van der Waals surface area (Å²) in [5.41, 5.74) is 1.96. The van der Waals surface area contributed by atoms with E-state index in [1.54, 1.807) is 0 Å². The summed E-state index contributed by atoms with van der Waals surface area (Å²) in [7, 11) is 0. The predicted octanol–water partition coefficient (Wildman–Crippen LogP) is 2.84. The fourth-order valence-electron chi connectivity index (χ4n) is 4.39. The van der Waals surface area contributed by atoms with E-state index in [1.807, 2.05) is 30.2 Å². The van der Waals surface area contributed by atoms with Gasteiger partial charge in [0, 0.05) is 26.0 Å². The third-order valence-electron chi connectivity index (χ3n) is 6.05. The molecule has 4 rings (SSSR count). The Labute approximate surface area is 162 Å². The van der Waals surface area contributed by atoms with Gasteiger partial charge >= 0.3 is 0 Å². The quantitative estimate of drug-likeness (QED) is 0.745. The average molecular weight is 370 g/mol. The van der Waals surface area contributed by atoms with Crippen molar-refractivity contribution in [3.8, 4) is 5.75 Å². The Morgan fingerprint density at radius 1 is 1.19 bits per heavy atom. The Hall–Kier alpha value is -1.82. The molecule has 3 aliphatic rings. The fourth-order valence-corrected chi connectivity index (χ4v) is 4.39. The maximum Gasteiger partial charge on any atom is 0.148 e. The number of hydrogen-bond acceptors (Lipinski definition) is 5. The summed E-state index contributed by atoms with van der Waals surface area (Å²) in [4.78, 5) is 2.00. The molecule has 0 aromatic heterocycles. The SMILES string of the molecule is CC1=CC=CN(CC2(c3ccc(OC4CCCCC4)cc3)CNCN2)C1O. The van der Waals surface area contributed by atoms with Crippen molar-refractivity contribution in [2.75, 3.05) is 19.8 Å². The summed E-state index contributed by atoms with van der Waals surface area (Å²) in [6, 6.07) is 8.53. The lowest BCUT2D eigenvalue weighted by Crippen LogP contribution is -2.51. The van der Waals surface area contributed by atoms with Gasteiger partial charge in [-0.1, -0.05) is 24.6 Å². The van der Waals surface area contributed by atoms with Crippen LogP contribution in [0, 0.1) is 0 Å². The Kier molecular flexibility index (Phi) is 5.53. The fraction of sp³-hybridized carbons (Fsp3) is 0.545. The van der Waals surface area contributed by atoms with Crippen molar-refractivity contribution >= 4 is 0 Å². The van der Waals surface area contributed by atoms with Crippen molar-refractivity contribution in [2.45, 2.75) is 56.9 Å². The highest BCUT2D eigenvalue weighted by Crippen LogP contribution is 2.30. The smallest absolute Gasteiger partial charge is 0.148 e. The van der Waals surface area contributed by atoms with E-state index in [-0.39, 0.29) is 5.54 Å². The summed E-state index contributed by atoms with van der Waals surface area (Å²) >= 11 is 0. The van der Waals surface area contributed by atoms with Crippen LogP contribution in [-0.2, 0) is 5.54 Å². The zero-order chi connectivity index (χ0) is 18.7. The van der Waals surface area contributed by atoms with E-state index in [4.69, 9.17) is 4.74 Å². The maximum atomic E-state index is 10.5. The van der Waals surface area contributed by atoms with E-state index < -0.39 is 6.23 Å². The number of aliphatic hydroxyl groups is 1. The largest absolute Gasteiger partial charge is 0.490 e. The molecular formula is C22H31N3O2. The van der Waals surface area contributed by atoms with Gasteiger partial charge in [0.05, 0.1) is 11.6 Å². The molecule has 5 nitrogen and oxygen atoms in total. The van der Waals surface area contributed by atoms with Crippen molar-refractivity contribution in [3.63, 3.8) is 0 Å². The van der Waals surface area contributed by atoms with Crippen LogP contribution >= 0.6 is 0 Å². The van der Waals surface area contributed by atoms with Gasteiger partial charge in [-0.25, -0.2) is 0 Å². The molecule has 2 aliphatic heterocycles. The van der Waals surface area contributed by atoms with Gasteiger partial charge in [0.2, 0.25) is 0 Å². The second-order valence-electron chi connectivity index (χ2n) is 8.06. The molecule has 0 amide bonds. The molecule has 5 heteroatoms. The molecule has 1 aromatic rings. The van der Waals surface area contributed by atoms with Crippen LogP contribution in [-0.4, -0.2) is 42.1 Å². The summed E-state index contributed by atoms with van der Waals surface area (Å²) in [6.07, 6.45) is 12.0. The molecule has 2 fully saturated rings. The second kappa shape index (κ2) is 8.05. The number of ether oxygens (including phenoxy) is 1. The number of nitrogens with one attached hydrogen (secondary N) is 2. The van der Waals surface area contributed by atoms with Gasteiger partial charge in [-0.3, -0.25) is 5.32 Å². The van der Waals surface area contributed by atoms with Crippen molar-refractivity contribution in [3.05, 3.63) is 53.8 Å². The van der Waals surface area contributed by atoms with Crippen LogP contribution in [0.25, 0.3) is 0 Å². The normalized spacial score (nSPS) is 29.0. The zero-order valence-electron chi connectivity index (χ0n) is 16.2. The molecule has 0 bridgehead atoms. The minimum Gasteiger partial charge on any atom is -0.490 e. The van der Waals surface area contributed by atoms with E-state index in [0.29, 0.717) is 12.6 Å². The van der Waals surface area contributed by atoms with E-state index in [9.17, 15) is 5.11 Å². The zero-order valence-corrected chi connectivity index (χ0v) is 16.2. The standard InChI is InChI=1S/C22H31N3O2/c1-17-6-5-13-25(21(17)26)15-22(14-23-16-24-22)18-9-11-20(12-10-18)27-19-7-3-2-4-8-19/h5-6,9-13,19,21,23-24,26H,2-4,7-8,14-16H2,1H3. The van der Waals surface area contributed by atoms with Crippen LogP contribution in [0.5, 0.6) is 5.75 Å². The van der Waals surface area contributed by atoms with Crippen LogP contribution in [0.1, 0.15) is 44.6 Å². The molecule has 0 spiro atoms. The molecule has 146 valence electrons. The first-order valence-corrected chi connectivity index (χ1v) is 10.2. The Balaban J connectivity index is 1.48. The Morgan fingerprint density at radius 3 is 2.67 bits per heavy atom. The average Bonchev–Trinajstić information content (AvgIpc) is 3.17. The van der Waals surface area contributed by atoms with Crippen molar-refractivity contribution in [1.29, 1.82) is 0 Å². The molecule has 1 saturated carbocycles. The highest BCUT2D eigenvalue weighted by atomic mass is 16.5. The molecule has 27 heavy (non-hydrogen) atoms. The molecule has 1 aliphatic carbocycles. The molecular weight excluding hydrogens is 338 g/mol. The number of nitrogens with zero attached hydrogens (tertiary/aromatic N) is 1. The minimum absolute atomic E-state index is 0.230. The number of benzene rings is 1. The van der Waals surface area contributed by atoms with Gasteiger partial charge in [-0.15, -0.1) is 0 Å². The summed E-state index contributed by atoms with van der Waals surface area (Å²) in [6.45, 7) is 4.26. The molecule has 1 saturated heterocycles. The highest BCUT2D eigenvalue weighted by Gasteiger charge is 2.38. The van der Waals surface area contributed by atoms with E-state index >= 15 is 0 Å². The van der Waals surface area contributed by atoms with Crippen LogP contribution in [0.2, 0.25) is 0 Å². The number of allylic oxidation sites excluding steroid dienone is 2. The van der Waals surface area contributed by atoms with E-state index in [0.717, 1.165) is 24.5 Å². The summed E-state index contributed by atoms with van der Waals surface area (Å²) in [5, 5.41) is 17.6. The van der Waals surface area contributed by atoms with Crippen LogP contribution < -0.4 is 15.4 Å². The number of rotatable bonds is 5. The van der Waals surface area contributed by atoms with Gasteiger partial charge in [0.1, 0.15) is 12.0 Å². The third kappa shape index (κ3) is 4.05. The third-order valence-corrected chi connectivity index (χ3v) is 6.05. The Morgan fingerprint density at radius 2 is 1.96 bits per heavy atom. The molecule has 2 heterocycles. The topological polar surface area (TPSA) is 56.8 Å². The van der Waals surface area contributed by atoms with Gasteiger partial charge in [0.15, 0.2) is 0 Å². The van der Waals surface area contributed by atoms with E-state index in [1.165, 1.54) is 37.7 Å². The lowest BCUT2D eigenvalue weighted by Gasteiger charge is -2.38. The molecule has 1 aromatic carbocycles. The highest BCUT2D eigenvalue weighted by molar-refractivity contribution is 5.34. The van der Waals surface area contributed by atoms with Crippen molar-refractivity contribution in [1.82, 2.24) is 15.5 Å². The summed E-state index contributed by atoms with van der Waals surface area (Å²) in [5.74, 6) is 0.962. The second-order valence-corrected chi connectivity index (χ2v) is 8.06. The van der Waals surface area contributed by atoms with Crippen molar-refractivity contribution in [2.24, 2.45) is 0 Å². The summed E-state index contributed by atoms with van der Waals surface area (Å²) < 4.78 is 6.18. The predicted molar refractivity (Wildman–Crippen MR) is 107 cm³/mol. The van der Waals surface area contributed by atoms with Crippen molar-refractivity contribution < 1.29 is 9.84 Å². The van der Waals surface area contributed by atoms with Gasteiger partial charge in [-0.2, -0.15) is 0 Å². The Bertz CT molecular complexity index is 686. The first-order chi connectivity index (χ1) is 13.2. The van der Waals surface area contributed by atoms with Crippen LogP contribution in [0.3, 0.4) is 0 Å². The first kappa shape index (κ1) is 18.5. The first-order valence-electron chi connectivity index (χ1n) is 10.2. The van der Waals surface area contributed by atoms with Gasteiger partial charge < -0.3 is 20.1 Å². The van der Waals surface area contributed by atoms with E-state index in [2.05, 4.69) is 34.9 Å².